The molecule has 16 heavy (non-hydrogen) atoms. The summed E-state index contributed by atoms with van der Waals surface area (Å²) >= 11 is 0. The van der Waals surface area contributed by atoms with Crippen LogP contribution in [-0.4, -0.2) is 15.8 Å². The van der Waals surface area contributed by atoms with E-state index in [4.69, 9.17) is 11.5 Å². The molecule has 0 aliphatic heterocycles. The van der Waals surface area contributed by atoms with Crippen LogP contribution in [0.15, 0.2) is 35.1 Å². The summed E-state index contributed by atoms with van der Waals surface area (Å²) < 4.78 is 0.657. The highest BCUT2D eigenvalue weighted by Gasteiger charge is 2.11. The van der Waals surface area contributed by atoms with Crippen molar-refractivity contribution in [3.05, 3.63) is 46.2 Å². The number of fused-ring (bicyclic) bond motifs is 1. The average molecular weight is 213 g/mol. The van der Waals surface area contributed by atoms with E-state index in [0.29, 0.717) is 15.5 Å². The maximum Gasteiger partial charge on any atom is 0.419 e. The van der Waals surface area contributed by atoms with Crippen molar-refractivity contribution in [3.63, 3.8) is 0 Å². The highest BCUT2D eigenvalue weighted by atomic mass is 16.4. The Morgan fingerprint density at radius 2 is 2.06 bits per heavy atom. The first-order chi connectivity index (χ1) is 7.65. The van der Waals surface area contributed by atoms with Gasteiger partial charge in [-0.1, -0.05) is 18.1 Å². The first-order valence-electron chi connectivity index (χ1n) is 4.50. The van der Waals surface area contributed by atoms with Crippen molar-refractivity contribution < 1.29 is 9.90 Å². The third-order valence-electron chi connectivity index (χ3n) is 2.26. The van der Waals surface area contributed by atoms with Crippen molar-refractivity contribution in [2.75, 3.05) is 0 Å². The van der Waals surface area contributed by atoms with Crippen molar-refractivity contribution in [2.45, 2.75) is 0 Å². The minimum absolute atomic E-state index is 0.255. The summed E-state index contributed by atoms with van der Waals surface area (Å²) in [6.45, 7) is 0. The third-order valence-corrected chi connectivity index (χ3v) is 2.26. The Balaban J connectivity index is 3.08. The highest BCUT2D eigenvalue weighted by molar-refractivity contribution is 5.91. The maximum atomic E-state index is 11.5. The summed E-state index contributed by atoms with van der Waals surface area (Å²) in [6, 6.07) is 7.78. The van der Waals surface area contributed by atoms with Crippen molar-refractivity contribution in [1.29, 1.82) is 0 Å². The lowest BCUT2D eigenvalue weighted by molar-refractivity contribution is 0.196. The van der Waals surface area contributed by atoms with Gasteiger partial charge in [-0.2, -0.15) is 0 Å². The molecule has 1 heterocycles. The lowest BCUT2D eigenvalue weighted by Gasteiger charge is -2.06. The zero-order valence-corrected chi connectivity index (χ0v) is 8.18. The normalized spacial score (nSPS) is 9.94. The average Bonchev–Trinajstić information content (AvgIpc) is 2.27. The number of benzene rings is 1. The van der Waals surface area contributed by atoms with Gasteiger partial charge in [0.05, 0.1) is 5.52 Å². The van der Waals surface area contributed by atoms with Gasteiger partial charge in [0.15, 0.2) is 0 Å². The Bertz CT molecular complexity index is 677. The molecule has 0 unspecified atom stereocenters. The van der Waals surface area contributed by atoms with Crippen LogP contribution < -0.4 is 5.56 Å². The lowest BCUT2D eigenvalue weighted by atomic mass is 10.1. The van der Waals surface area contributed by atoms with Gasteiger partial charge in [0.1, 0.15) is 0 Å². The fourth-order valence-electron chi connectivity index (χ4n) is 1.60. The number of hydrogen-bond donors (Lipinski definition) is 1. The Hall–Kier alpha value is -2.54. The van der Waals surface area contributed by atoms with Crippen molar-refractivity contribution in [3.8, 4) is 12.3 Å². The molecule has 1 aromatic carbocycles. The summed E-state index contributed by atoms with van der Waals surface area (Å²) in [7, 11) is 0. The number of nitrogens with zero attached hydrogens (tertiary/aromatic N) is 1. The molecule has 0 atom stereocenters. The van der Waals surface area contributed by atoms with E-state index < -0.39 is 11.7 Å². The van der Waals surface area contributed by atoms with Crippen LogP contribution in [0.4, 0.5) is 4.79 Å². The minimum atomic E-state index is -1.33. The van der Waals surface area contributed by atoms with Crippen LogP contribution >= 0.6 is 0 Å². The van der Waals surface area contributed by atoms with Crippen LogP contribution in [0.5, 0.6) is 0 Å². The topological polar surface area (TPSA) is 59.3 Å². The molecular weight excluding hydrogens is 206 g/mol. The number of carboxylic acid groups (broad SMARTS) is 1. The number of terminal acetylenes is 1. The fraction of sp³-hybridized carbons (Fsp3) is 0. The number of hydrogen-bond acceptors (Lipinski definition) is 2. The molecule has 0 spiro atoms. The second-order valence-electron chi connectivity index (χ2n) is 3.18. The van der Waals surface area contributed by atoms with Gasteiger partial charge in [-0.3, -0.25) is 4.79 Å². The van der Waals surface area contributed by atoms with E-state index in [2.05, 4.69) is 5.92 Å². The molecule has 0 radical (unpaired) electrons. The van der Waals surface area contributed by atoms with Gasteiger partial charge in [0.25, 0.3) is 5.56 Å². The lowest BCUT2D eigenvalue weighted by Crippen LogP contribution is -2.25. The van der Waals surface area contributed by atoms with E-state index >= 15 is 0 Å². The molecule has 1 N–H and O–H groups in total. The van der Waals surface area contributed by atoms with Crippen LogP contribution in [0.1, 0.15) is 5.56 Å². The van der Waals surface area contributed by atoms with Crippen LogP contribution in [0, 0.1) is 12.3 Å². The first-order valence-corrected chi connectivity index (χ1v) is 4.50. The van der Waals surface area contributed by atoms with E-state index in [0.717, 1.165) is 0 Å². The first kappa shape index (κ1) is 9.99. The molecule has 0 aliphatic carbocycles. The SMILES string of the molecule is C#Cc1cccc2ccc(=O)n(C(=O)O)c12. The molecule has 2 aromatic rings. The van der Waals surface area contributed by atoms with Gasteiger partial charge >= 0.3 is 6.09 Å². The van der Waals surface area contributed by atoms with E-state index in [1.54, 1.807) is 24.3 Å². The molecule has 78 valence electrons. The standard InChI is InChI=1S/C12H7NO3/c1-2-8-4-3-5-9-6-7-10(14)13(11(8)9)12(15)16/h1,3-7H,(H,15,16). The van der Waals surface area contributed by atoms with Gasteiger partial charge in [-0.15, -0.1) is 6.42 Å². The Morgan fingerprint density at radius 3 is 2.69 bits per heavy atom. The second kappa shape index (κ2) is 3.55. The van der Waals surface area contributed by atoms with Crippen molar-refractivity contribution >= 4 is 17.0 Å². The zero-order valence-electron chi connectivity index (χ0n) is 8.18. The predicted molar refractivity (Wildman–Crippen MR) is 59.6 cm³/mol. The summed E-state index contributed by atoms with van der Waals surface area (Å²) in [5.74, 6) is 2.37. The number of rotatable bonds is 0. The van der Waals surface area contributed by atoms with Crippen molar-refractivity contribution in [1.82, 2.24) is 4.57 Å². The molecule has 0 saturated heterocycles. The molecule has 0 bridgehead atoms. The summed E-state index contributed by atoms with van der Waals surface area (Å²) in [5, 5.41) is 9.60. The molecule has 0 aliphatic rings. The van der Waals surface area contributed by atoms with Gasteiger partial charge < -0.3 is 5.11 Å². The van der Waals surface area contributed by atoms with E-state index in [1.165, 1.54) is 6.07 Å². The highest BCUT2D eigenvalue weighted by Crippen LogP contribution is 2.16. The van der Waals surface area contributed by atoms with Gasteiger partial charge in [-0.05, 0) is 12.1 Å². The Kier molecular flexibility index (Phi) is 2.22. The molecule has 0 saturated carbocycles. The van der Waals surface area contributed by atoms with E-state index in [1.807, 2.05) is 0 Å². The van der Waals surface area contributed by atoms with Gasteiger partial charge in [0, 0.05) is 17.0 Å². The van der Waals surface area contributed by atoms with Crippen LogP contribution in [0.3, 0.4) is 0 Å². The van der Waals surface area contributed by atoms with Crippen molar-refractivity contribution in [2.24, 2.45) is 0 Å². The summed E-state index contributed by atoms with van der Waals surface area (Å²) in [6.07, 6.45) is 3.94. The third kappa shape index (κ3) is 1.35. The van der Waals surface area contributed by atoms with E-state index in [9.17, 15) is 9.59 Å². The second-order valence-corrected chi connectivity index (χ2v) is 3.18. The molecular formula is C12H7NO3. The quantitative estimate of drug-likeness (QED) is 0.675. The molecule has 0 amide bonds. The maximum absolute atomic E-state index is 11.5. The Labute approximate surface area is 90.8 Å². The van der Waals surface area contributed by atoms with Gasteiger partial charge in [-0.25, -0.2) is 9.36 Å². The minimum Gasteiger partial charge on any atom is -0.464 e. The summed E-state index contributed by atoms with van der Waals surface area (Å²) in [5.41, 5.74) is 0.0327. The van der Waals surface area contributed by atoms with Crippen LogP contribution in [-0.2, 0) is 0 Å². The summed E-state index contributed by atoms with van der Waals surface area (Å²) in [4.78, 5) is 22.5. The number of aromatic nitrogens is 1. The molecule has 2 rings (SSSR count). The van der Waals surface area contributed by atoms with Crippen LogP contribution in [0.2, 0.25) is 0 Å². The molecule has 4 nitrogen and oxygen atoms in total. The molecule has 4 heteroatoms. The monoisotopic (exact) mass is 213 g/mol. The molecule has 0 fully saturated rings. The smallest absolute Gasteiger partial charge is 0.419 e. The van der Waals surface area contributed by atoms with Gasteiger partial charge in [0.2, 0.25) is 0 Å². The molecule has 1 aromatic heterocycles. The zero-order chi connectivity index (χ0) is 11.7. The largest absolute Gasteiger partial charge is 0.464 e. The number of carbonyl (C=O) groups is 1. The number of pyridine rings is 1. The predicted octanol–water partition coefficient (Wildman–Crippen LogP) is 1.51. The number of para-hydroxylation sites is 1. The van der Waals surface area contributed by atoms with Crippen LogP contribution in [0.25, 0.3) is 10.9 Å². The fourth-order valence-corrected chi connectivity index (χ4v) is 1.60. The van der Waals surface area contributed by atoms with E-state index in [-0.39, 0.29) is 5.52 Å². The Morgan fingerprint density at radius 1 is 1.31 bits per heavy atom.